The number of nitrogens with zero attached hydrogens (tertiary/aromatic N) is 3. The van der Waals surface area contributed by atoms with Crippen LogP contribution in [-0.4, -0.2) is 44.8 Å². The smallest absolute Gasteiger partial charge is 0.242 e. The van der Waals surface area contributed by atoms with Gasteiger partial charge >= 0.3 is 0 Å². The minimum atomic E-state index is -0.0783. The minimum absolute atomic E-state index is 0.0660. The van der Waals surface area contributed by atoms with Gasteiger partial charge in [0.25, 0.3) is 0 Å². The summed E-state index contributed by atoms with van der Waals surface area (Å²) in [7, 11) is 2.00. The van der Waals surface area contributed by atoms with Gasteiger partial charge in [-0.25, -0.2) is 0 Å². The van der Waals surface area contributed by atoms with Gasteiger partial charge in [-0.3, -0.25) is 9.59 Å². The highest BCUT2D eigenvalue weighted by atomic mass is 16.2. The van der Waals surface area contributed by atoms with Gasteiger partial charge < -0.3 is 14.4 Å². The Kier molecular flexibility index (Phi) is 6.53. The molecule has 0 unspecified atom stereocenters. The average Bonchev–Trinajstić information content (AvgIpc) is 3.30. The van der Waals surface area contributed by atoms with E-state index in [-0.39, 0.29) is 29.8 Å². The molecule has 2 amide bonds. The van der Waals surface area contributed by atoms with Gasteiger partial charge in [0.05, 0.1) is 6.54 Å². The summed E-state index contributed by atoms with van der Waals surface area (Å²) < 4.78 is 2.06. The van der Waals surface area contributed by atoms with Gasteiger partial charge in [0.2, 0.25) is 11.8 Å². The second-order valence-corrected chi connectivity index (χ2v) is 8.88. The first-order chi connectivity index (χ1) is 12.1. The van der Waals surface area contributed by atoms with E-state index >= 15 is 0 Å². The van der Waals surface area contributed by atoms with Crippen molar-refractivity contribution in [1.29, 1.82) is 0 Å². The molecule has 26 heavy (non-hydrogen) atoms. The second kappa shape index (κ2) is 8.28. The number of amides is 2. The van der Waals surface area contributed by atoms with Crippen molar-refractivity contribution < 1.29 is 9.59 Å². The van der Waals surface area contributed by atoms with E-state index in [1.54, 1.807) is 4.90 Å². The SMILES string of the molecule is CC[C@@H](C)N(CC(=O)N(Cc1cccn1C)C1CC1)C(=O)CC(C)(C)C. The summed E-state index contributed by atoms with van der Waals surface area (Å²) in [5.74, 6) is 0.145. The molecule has 1 heterocycles. The molecule has 1 fully saturated rings. The largest absolute Gasteiger partial charge is 0.353 e. The predicted octanol–water partition coefficient (Wildman–Crippen LogP) is 3.58. The molecule has 1 aliphatic rings. The highest BCUT2D eigenvalue weighted by Crippen LogP contribution is 2.29. The standard InChI is InChI=1S/C21H35N3O2/c1-7-16(2)23(19(25)13-21(3,4)5)15-20(26)24(17-10-11-17)14-18-9-8-12-22(18)6/h8-9,12,16-17H,7,10-11,13-15H2,1-6H3/t16-/m1/s1. The number of carbonyl (C=O) groups is 2. The van der Waals surface area contributed by atoms with Crippen LogP contribution in [0.3, 0.4) is 0 Å². The molecular weight excluding hydrogens is 326 g/mol. The summed E-state index contributed by atoms with van der Waals surface area (Å²) in [6.45, 7) is 11.1. The van der Waals surface area contributed by atoms with E-state index < -0.39 is 0 Å². The molecule has 0 radical (unpaired) electrons. The van der Waals surface area contributed by atoms with Crippen LogP contribution in [0, 0.1) is 5.41 Å². The second-order valence-electron chi connectivity index (χ2n) is 8.88. The maximum atomic E-state index is 13.1. The van der Waals surface area contributed by atoms with Crippen molar-refractivity contribution in [2.24, 2.45) is 12.5 Å². The lowest BCUT2D eigenvalue weighted by Gasteiger charge is -2.33. The van der Waals surface area contributed by atoms with Crippen LogP contribution in [0.4, 0.5) is 0 Å². The molecule has 5 nitrogen and oxygen atoms in total. The molecular formula is C21H35N3O2. The average molecular weight is 362 g/mol. The van der Waals surface area contributed by atoms with Crippen LogP contribution in [0.5, 0.6) is 0 Å². The molecule has 1 saturated carbocycles. The van der Waals surface area contributed by atoms with E-state index in [0.717, 1.165) is 25.0 Å². The Hall–Kier alpha value is -1.78. The van der Waals surface area contributed by atoms with Crippen molar-refractivity contribution >= 4 is 11.8 Å². The molecule has 1 aliphatic carbocycles. The number of hydrogen-bond acceptors (Lipinski definition) is 2. The van der Waals surface area contributed by atoms with Gasteiger partial charge in [-0.15, -0.1) is 0 Å². The van der Waals surface area contributed by atoms with Crippen molar-refractivity contribution in [3.63, 3.8) is 0 Å². The Bertz CT molecular complexity index is 625. The highest BCUT2D eigenvalue weighted by molar-refractivity contribution is 5.85. The number of rotatable bonds is 8. The fraction of sp³-hybridized carbons (Fsp3) is 0.714. The van der Waals surface area contributed by atoms with E-state index in [0.29, 0.717) is 19.0 Å². The molecule has 0 bridgehead atoms. The van der Waals surface area contributed by atoms with E-state index in [1.165, 1.54) is 0 Å². The van der Waals surface area contributed by atoms with Crippen LogP contribution in [0.2, 0.25) is 0 Å². The van der Waals surface area contributed by atoms with Crippen LogP contribution in [0.1, 0.15) is 66.0 Å². The first-order valence-corrected chi connectivity index (χ1v) is 9.81. The molecule has 0 N–H and O–H groups in total. The third-order valence-corrected chi connectivity index (χ3v) is 5.12. The molecule has 5 heteroatoms. The Labute approximate surface area is 158 Å². The maximum Gasteiger partial charge on any atom is 0.242 e. The van der Waals surface area contributed by atoms with Crippen molar-refractivity contribution in [1.82, 2.24) is 14.4 Å². The number of hydrogen-bond donors (Lipinski definition) is 0. The Morgan fingerprint density at radius 3 is 2.38 bits per heavy atom. The maximum absolute atomic E-state index is 13.1. The summed E-state index contributed by atoms with van der Waals surface area (Å²) >= 11 is 0. The molecule has 2 rings (SSSR count). The molecule has 146 valence electrons. The topological polar surface area (TPSA) is 45.6 Å². The predicted molar refractivity (Wildman–Crippen MR) is 105 cm³/mol. The summed E-state index contributed by atoms with van der Waals surface area (Å²) in [6.07, 6.45) is 5.45. The van der Waals surface area contributed by atoms with Gasteiger partial charge in [0, 0.05) is 37.4 Å². The lowest BCUT2D eigenvalue weighted by atomic mass is 9.91. The third kappa shape index (κ3) is 5.61. The van der Waals surface area contributed by atoms with E-state index in [1.807, 2.05) is 31.1 Å². The number of aromatic nitrogens is 1. The van der Waals surface area contributed by atoms with Crippen LogP contribution < -0.4 is 0 Å². The third-order valence-electron chi connectivity index (χ3n) is 5.12. The molecule has 0 spiro atoms. The summed E-state index contributed by atoms with van der Waals surface area (Å²) in [5, 5.41) is 0. The molecule has 1 aromatic heterocycles. The summed E-state index contributed by atoms with van der Waals surface area (Å²) in [6, 6.07) is 4.46. The van der Waals surface area contributed by atoms with Crippen molar-refractivity contribution in [3.05, 3.63) is 24.0 Å². The van der Waals surface area contributed by atoms with Gasteiger partial charge in [-0.05, 0) is 43.7 Å². The quantitative estimate of drug-likeness (QED) is 0.710. The van der Waals surface area contributed by atoms with Gasteiger partial charge in [0.1, 0.15) is 6.54 Å². The summed E-state index contributed by atoms with van der Waals surface area (Å²) in [4.78, 5) is 29.7. The molecule has 0 saturated heterocycles. The number of carbonyl (C=O) groups excluding carboxylic acids is 2. The van der Waals surface area contributed by atoms with Crippen LogP contribution in [0.25, 0.3) is 0 Å². The fourth-order valence-corrected chi connectivity index (χ4v) is 3.14. The Morgan fingerprint density at radius 2 is 1.92 bits per heavy atom. The van der Waals surface area contributed by atoms with Crippen molar-refractivity contribution in [2.45, 2.75) is 78.9 Å². The van der Waals surface area contributed by atoms with Crippen LogP contribution in [-0.2, 0) is 23.2 Å². The lowest BCUT2D eigenvalue weighted by molar-refractivity contribution is -0.144. The molecule has 0 aromatic carbocycles. The fourth-order valence-electron chi connectivity index (χ4n) is 3.14. The van der Waals surface area contributed by atoms with Crippen molar-refractivity contribution in [2.75, 3.05) is 6.54 Å². The Balaban J connectivity index is 2.10. The normalized spacial score (nSPS) is 15.6. The van der Waals surface area contributed by atoms with Crippen LogP contribution in [0.15, 0.2) is 18.3 Å². The van der Waals surface area contributed by atoms with Crippen molar-refractivity contribution in [3.8, 4) is 0 Å². The van der Waals surface area contributed by atoms with Gasteiger partial charge in [0.15, 0.2) is 0 Å². The zero-order valence-electron chi connectivity index (χ0n) is 17.3. The monoisotopic (exact) mass is 361 g/mol. The summed E-state index contributed by atoms with van der Waals surface area (Å²) in [5.41, 5.74) is 1.05. The van der Waals surface area contributed by atoms with E-state index in [4.69, 9.17) is 0 Å². The first kappa shape index (κ1) is 20.5. The lowest BCUT2D eigenvalue weighted by Crippen LogP contribution is -2.47. The first-order valence-electron chi connectivity index (χ1n) is 9.81. The zero-order valence-corrected chi connectivity index (χ0v) is 17.3. The minimum Gasteiger partial charge on any atom is -0.353 e. The zero-order chi connectivity index (χ0) is 19.5. The van der Waals surface area contributed by atoms with Gasteiger partial charge in [-0.1, -0.05) is 27.7 Å². The van der Waals surface area contributed by atoms with Gasteiger partial charge in [-0.2, -0.15) is 0 Å². The van der Waals surface area contributed by atoms with E-state index in [9.17, 15) is 9.59 Å². The Morgan fingerprint density at radius 1 is 1.27 bits per heavy atom. The molecule has 1 aromatic rings. The molecule has 0 aliphatic heterocycles. The molecule has 1 atom stereocenters. The number of aryl methyl sites for hydroxylation is 1. The van der Waals surface area contributed by atoms with Crippen LogP contribution >= 0.6 is 0 Å². The highest BCUT2D eigenvalue weighted by Gasteiger charge is 2.35. The van der Waals surface area contributed by atoms with E-state index in [2.05, 4.69) is 38.3 Å².